The molecule has 112 valence electrons. The Balaban J connectivity index is 1.78. The van der Waals surface area contributed by atoms with Crippen LogP contribution >= 0.6 is 0 Å². The van der Waals surface area contributed by atoms with E-state index in [1.807, 2.05) is 7.11 Å². The van der Waals surface area contributed by atoms with Crippen molar-refractivity contribution >= 4 is 0 Å². The first-order chi connectivity index (χ1) is 9.00. The standard InChI is InChI=1S/C15H31N3O/c1-15(2,3)18-9-7-17(8-10-18)14(12-19-4)11-16-13-5-6-13/h13-14,16H,5-12H2,1-4H3. The van der Waals surface area contributed by atoms with Gasteiger partial charge in [-0.2, -0.15) is 0 Å². The Morgan fingerprint density at radius 2 is 1.79 bits per heavy atom. The van der Waals surface area contributed by atoms with Gasteiger partial charge in [-0.15, -0.1) is 0 Å². The molecular weight excluding hydrogens is 238 g/mol. The smallest absolute Gasteiger partial charge is 0.0630 e. The average molecular weight is 269 g/mol. The van der Waals surface area contributed by atoms with Crippen LogP contribution in [0.15, 0.2) is 0 Å². The maximum Gasteiger partial charge on any atom is 0.0630 e. The van der Waals surface area contributed by atoms with Crippen LogP contribution < -0.4 is 5.32 Å². The van der Waals surface area contributed by atoms with E-state index < -0.39 is 0 Å². The Bertz CT molecular complexity index is 265. The molecule has 2 aliphatic rings. The van der Waals surface area contributed by atoms with Crippen molar-refractivity contribution < 1.29 is 4.74 Å². The third-order valence-electron chi connectivity index (χ3n) is 4.36. The van der Waals surface area contributed by atoms with Gasteiger partial charge in [0.15, 0.2) is 0 Å². The molecule has 2 fully saturated rings. The molecule has 0 amide bonds. The second-order valence-corrected chi connectivity index (χ2v) is 6.99. The molecule has 2 rings (SSSR count). The van der Waals surface area contributed by atoms with E-state index in [2.05, 4.69) is 35.9 Å². The van der Waals surface area contributed by atoms with Crippen molar-refractivity contribution in [1.29, 1.82) is 0 Å². The van der Waals surface area contributed by atoms with Crippen LogP contribution in [-0.2, 0) is 4.74 Å². The average Bonchev–Trinajstić information content (AvgIpc) is 3.17. The van der Waals surface area contributed by atoms with Gasteiger partial charge >= 0.3 is 0 Å². The predicted octanol–water partition coefficient (Wildman–Crippen LogP) is 1.17. The Kier molecular flexibility index (Phi) is 5.23. The maximum absolute atomic E-state index is 5.41. The zero-order valence-corrected chi connectivity index (χ0v) is 13.1. The fourth-order valence-corrected chi connectivity index (χ4v) is 2.83. The third-order valence-corrected chi connectivity index (χ3v) is 4.36. The molecule has 1 heterocycles. The number of ether oxygens (including phenoxy) is 1. The highest BCUT2D eigenvalue weighted by molar-refractivity contribution is 4.88. The quantitative estimate of drug-likeness (QED) is 0.783. The number of hydrogen-bond donors (Lipinski definition) is 1. The van der Waals surface area contributed by atoms with Gasteiger partial charge in [0, 0.05) is 57.5 Å². The van der Waals surface area contributed by atoms with Gasteiger partial charge in [-0.25, -0.2) is 0 Å². The molecule has 1 aliphatic heterocycles. The minimum absolute atomic E-state index is 0.301. The summed E-state index contributed by atoms with van der Waals surface area (Å²) >= 11 is 0. The first-order valence-corrected chi connectivity index (χ1v) is 7.72. The van der Waals surface area contributed by atoms with Crippen LogP contribution in [0, 0.1) is 0 Å². The van der Waals surface area contributed by atoms with Gasteiger partial charge in [-0.05, 0) is 33.6 Å². The van der Waals surface area contributed by atoms with Crippen LogP contribution in [0.3, 0.4) is 0 Å². The summed E-state index contributed by atoms with van der Waals surface area (Å²) in [6, 6.07) is 1.32. The van der Waals surface area contributed by atoms with Gasteiger partial charge in [0.25, 0.3) is 0 Å². The largest absolute Gasteiger partial charge is 0.383 e. The molecule has 0 radical (unpaired) electrons. The third kappa shape index (κ3) is 4.71. The Hall–Kier alpha value is -0.160. The van der Waals surface area contributed by atoms with E-state index in [0.29, 0.717) is 11.6 Å². The van der Waals surface area contributed by atoms with Gasteiger partial charge in [-0.3, -0.25) is 9.80 Å². The second-order valence-electron chi connectivity index (χ2n) is 6.99. The zero-order chi connectivity index (χ0) is 13.9. The molecule has 1 saturated heterocycles. The molecule has 1 aliphatic carbocycles. The summed E-state index contributed by atoms with van der Waals surface area (Å²) in [7, 11) is 1.82. The second kappa shape index (κ2) is 6.53. The molecule has 1 unspecified atom stereocenters. The number of nitrogens with zero attached hydrogens (tertiary/aromatic N) is 2. The first-order valence-electron chi connectivity index (χ1n) is 7.72. The van der Waals surface area contributed by atoms with Crippen molar-refractivity contribution in [2.24, 2.45) is 0 Å². The van der Waals surface area contributed by atoms with E-state index in [4.69, 9.17) is 4.74 Å². The number of nitrogens with one attached hydrogen (secondary N) is 1. The van der Waals surface area contributed by atoms with Crippen molar-refractivity contribution in [3.8, 4) is 0 Å². The molecule has 1 N–H and O–H groups in total. The summed E-state index contributed by atoms with van der Waals surface area (Å²) in [5.74, 6) is 0. The summed E-state index contributed by atoms with van der Waals surface area (Å²) in [4.78, 5) is 5.18. The molecule has 4 nitrogen and oxygen atoms in total. The maximum atomic E-state index is 5.41. The lowest BCUT2D eigenvalue weighted by Gasteiger charge is -2.44. The predicted molar refractivity (Wildman–Crippen MR) is 79.6 cm³/mol. The summed E-state index contributed by atoms with van der Waals surface area (Å²) < 4.78 is 5.41. The lowest BCUT2D eigenvalue weighted by molar-refractivity contribution is 0.0189. The van der Waals surface area contributed by atoms with E-state index in [-0.39, 0.29) is 0 Å². The van der Waals surface area contributed by atoms with Crippen LogP contribution in [-0.4, -0.2) is 73.9 Å². The lowest BCUT2D eigenvalue weighted by Crippen LogP contribution is -2.58. The van der Waals surface area contributed by atoms with Crippen molar-refractivity contribution in [2.75, 3.05) is 46.4 Å². The van der Waals surface area contributed by atoms with Crippen molar-refractivity contribution in [1.82, 2.24) is 15.1 Å². The molecule has 0 aromatic rings. The van der Waals surface area contributed by atoms with Gasteiger partial charge in [-0.1, -0.05) is 0 Å². The van der Waals surface area contributed by atoms with E-state index in [1.165, 1.54) is 25.9 Å². The molecule has 0 bridgehead atoms. The molecule has 0 aromatic carbocycles. The Morgan fingerprint density at radius 1 is 1.16 bits per heavy atom. The van der Waals surface area contributed by atoms with E-state index >= 15 is 0 Å². The minimum atomic E-state index is 0.301. The number of hydrogen-bond acceptors (Lipinski definition) is 4. The summed E-state index contributed by atoms with van der Waals surface area (Å²) in [6.07, 6.45) is 2.72. The Morgan fingerprint density at radius 3 is 2.26 bits per heavy atom. The molecule has 0 aromatic heterocycles. The molecule has 1 atom stereocenters. The lowest BCUT2D eigenvalue weighted by atomic mass is 10.0. The number of piperazine rings is 1. The zero-order valence-electron chi connectivity index (χ0n) is 13.1. The van der Waals surface area contributed by atoms with Gasteiger partial charge in [0.2, 0.25) is 0 Å². The van der Waals surface area contributed by atoms with E-state index in [9.17, 15) is 0 Å². The van der Waals surface area contributed by atoms with Gasteiger partial charge < -0.3 is 10.1 Å². The number of methoxy groups -OCH3 is 1. The molecule has 0 spiro atoms. The first kappa shape index (κ1) is 15.2. The van der Waals surface area contributed by atoms with Crippen molar-refractivity contribution in [3.05, 3.63) is 0 Å². The summed E-state index contributed by atoms with van der Waals surface area (Å²) in [5, 5.41) is 3.64. The van der Waals surface area contributed by atoms with E-state index in [0.717, 1.165) is 32.3 Å². The highest BCUT2D eigenvalue weighted by Gasteiger charge is 2.30. The van der Waals surface area contributed by atoms with Crippen LogP contribution in [0.4, 0.5) is 0 Å². The fraction of sp³-hybridized carbons (Fsp3) is 1.00. The minimum Gasteiger partial charge on any atom is -0.383 e. The molecule has 4 heteroatoms. The highest BCUT2D eigenvalue weighted by atomic mass is 16.5. The molecular formula is C15H31N3O. The Labute approximate surface area is 118 Å². The molecule has 1 saturated carbocycles. The monoisotopic (exact) mass is 269 g/mol. The number of rotatable bonds is 6. The van der Waals surface area contributed by atoms with Gasteiger partial charge in [0.05, 0.1) is 6.61 Å². The molecule has 19 heavy (non-hydrogen) atoms. The van der Waals surface area contributed by atoms with E-state index in [1.54, 1.807) is 0 Å². The topological polar surface area (TPSA) is 27.7 Å². The van der Waals surface area contributed by atoms with Crippen molar-refractivity contribution in [3.63, 3.8) is 0 Å². The van der Waals surface area contributed by atoms with Crippen LogP contribution in [0.2, 0.25) is 0 Å². The van der Waals surface area contributed by atoms with Crippen molar-refractivity contribution in [2.45, 2.75) is 51.2 Å². The van der Waals surface area contributed by atoms with Crippen LogP contribution in [0.5, 0.6) is 0 Å². The van der Waals surface area contributed by atoms with Crippen LogP contribution in [0.25, 0.3) is 0 Å². The fourth-order valence-electron chi connectivity index (χ4n) is 2.83. The highest BCUT2D eigenvalue weighted by Crippen LogP contribution is 2.20. The normalized spacial score (nSPS) is 24.6. The SMILES string of the molecule is COCC(CNC1CC1)N1CCN(C(C)(C)C)CC1. The summed E-state index contributed by atoms with van der Waals surface area (Å²) in [5.41, 5.74) is 0.301. The summed E-state index contributed by atoms with van der Waals surface area (Å²) in [6.45, 7) is 13.5. The van der Waals surface area contributed by atoms with Crippen LogP contribution in [0.1, 0.15) is 33.6 Å². The van der Waals surface area contributed by atoms with Gasteiger partial charge in [0.1, 0.15) is 0 Å².